The first-order chi connectivity index (χ1) is 13.5. The number of nitrogens with zero attached hydrogens (tertiary/aromatic N) is 3. The number of aromatic carboxylic acids is 1. The second kappa shape index (κ2) is 6.77. The van der Waals surface area contributed by atoms with Crippen LogP contribution in [0.25, 0.3) is 22.2 Å². The molecule has 2 aromatic heterocycles. The molecule has 0 amide bonds. The quantitative estimate of drug-likeness (QED) is 0.571. The lowest BCUT2D eigenvalue weighted by Crippen LogP contribution is -2.14. The molecule has 0 spiro atoms. The number of aromatic nitrogens is 4. The van der Waals surface area contributed by atoms with Crippen LogP contribution >= 0.6 is 0 Å². The van der Waals surface area contributed by atoms with Gasteiger partial charge in [-0.05, 0) is 36.6 Å². The number of H-pyrrole nitrogens is 1. The van der Waals surface area contributed by atoms with E-state index in [0.717, 1.165) is 17.0 Å². The molecule has 7 nitrogen and oxygen atoms in total. The average molecular weight is 374 g/mol. The van der Waals surface area contributed by atoms with Crippen molar-refractivity contribution >= 4 is 17.0 Å². The molecular weight excluding hydrogens is 356 g/mol. The van der Waals surface area contributed by atoms with Crippen molar-refractivity contribution in [2.45, 2.75) is 20.4 Å². The Labute approximate surface area is 160 Å². The maximum atomic E-state index is 12.3. The Morgan fingerprint density at radius 2 is 1.82 bits per heavy atom. The maximum absolute atomic E-state index is 12.3. The molecule has 0 radical (unpaired) electrons. The number of imidazole rings is 1. The topological polar surface area (TPSA) is 101 Å². The maximum Gasteiger partial charge on any atom is 0.336 e. The number of aromatic amines is 1. The van der Waals surface area contributed by atoms with Gasteiger partial charge in [0.05, 0.1) is 11.3 Å². The molecule has 2 N–H and O–H groups in total. The van der Waals surface area contributed by atoms with Crippen LogP contribution in [0.5, 0.6) is 0 Å². The molecule has 140 valence electrons. The summed E-state index contributed by atoms with van der Waals surface area (Å²) in [6, 6.07) is 14.6. The van der Waals surface area contributed by atoms with Gasteiger partial charge in [-0.2, -0.15) is 5.10 Å². The zero-order chi connectivity index (χ0) is 19.8. The summed E-state index contributed by atoms with van der Waals surface area (Å²) in [5, 5.41) is 15.9. The Kier molecular flexibility index (Phi) is 4.27. The van der Waals surface area contributed by atoms with Crippen molar-refractivity contribution in [3.05, 3.63) is 81.5 Å². The number of hydrogen-bond acceptors (Lipinski definition) is 4. The summed E-state index contributed by atoms with van der Waals surface area (Å²) in [5.74, 6) is -0.222. The molecule has 4 rings (SSSR count). The minimum absolute atomic E-state index is 0.265. The Balaban J connectivity index is 1.72. The number of carbonyl (C=O) groups is 1. The predicted octanol–water partition coefficient (Wildman–Crippen LogP) is 3.15. The number of rotatable bonds is 4. The highest BCUT2D eigenvalue weighted by Gasteiger charge is 2.15. The molecule has 28 heavy (non-hydrogen) atoms. The van der Waals surface area contributed by atoms with Crippen LogP contribution in [0.1, 0.15) is 27.4 Å². The number of benzene rings is 2. The number of nitrogens with one attached hydrogen (secondary N) is 1. The van der Waals surface area contributed by atoms with Gasteiger partial charge in [0.15, 0.2) is 0 Å². The summed E-state index contributed by atoms with van der Waals surface area (Å²) < 4.78 is 1.86. The Bertz CT molecular complexity index is 1250. The summed E-state index contributed by atoms with van der Waals surface area (Å²) in [6.45, 7) is 4.15. The molecule has 0 aliphatic carbocycles. The second-order valence-corrected chi connectivity index (χ2v) is 6.63. The summed E-state index contributed by atoms with van der Waals surface area (Å²) >= 11 is 0. The van der Waals surface area contributed by atoms with Crippen LogP contribution in [0.4, 0.5) is 0 Å². The molecule has 0 aliphatic rings. The van der Waals surface area contributed by atoms with Crippen molar-refractivity contribution in [1.82, 2.24) is 19.7 Å². The molecule has 2 heterocycles. The molecule has 0 aliphatic heterocycles. The van der Waals surface area contributed by atoms with E-state index in [0.29, 0.717) is 28.8 Å². The van der Waals surface area contributed by atoms with E-state index in [4.69, 9.17) is 0 Å². The minimum Gasteiger partial charge on any atom is -0.478 e. The largest absolute Gasteiger partial charge is 0.478 e. The van der Waals surface area contributed by atoms with Gasteiger partial charge in [-0.25, -0.2) is 14.9 Å². The van der Waals surface area contributed by atoms with Crippen molar-refractivity contribution in [3.63, 3.8) is 0 Å². The van der Waals surface area contributed by atoms with Gasteiger partial charge in [-0.1, -0.05) is 42.5 Å². The molecule has 4 aromatic rings. The SMILES string of the molecule is Cc1n[nH]c(=O)c2c1nc(C)n2Cc1ccc(-c2ccccc2C(=O)O)cc1. The van der Waals surface area contributed by atoms with Gasteiger partial charge in [0.2, 0.25) is 0 Å². The van der Waals surface area contributed by atoms with Crippen molar-refractivity contribution in [1.29, 1.82) is 0 Å². The Morgan fingerprint density at radius 3 is 2.54 bits per heavy atom. The van der Waals surface area contributed by atoms with Crippen LogP contribution in [0.2, 0.25) is 0 Å². The van der Waals surface area contributed by atoms with E-state index in [2.05, 4.69) is 15.2 Å². The van der Waals surface area contributed by atoms with Crippen molar-refractivity contribution in [3.8, 4) is 11.1 Å². The van der Waals surface area contributed by atoms with Crippen LogP contribution < -0.4 is 5.56 Å². The van der Waals surface area contributed by atoms with E-state index in [1.54, 1.807) is 18.2 Å². The molecule has 0 atom stereocenters. The van der Waals surface area contributed by atoms with Crippen LogP contribution in [0.3, 0.4) is 0 Å². The van der Waals surface area contributed by atoms with E-state index >= 15 is 0 Å². The van der Waals surface area contributed by atoms with Gasteiger partial charge < -0.3 is 9.67 Å². The van der Waals surface area contributed by atoms with Crippen LogP contribution in [-0.2, 0) is 6.54 Å². The van der Waals surface area contributed by atoms with Gasteiger partial charge in [0, 0.05) is 6.54 Å². The van der Waals surface area contributed by atoms with E-state index in [9.17, 15) is 14.7 Å². The lowest BCUT2D eigenvalue weighted by atomic mass is 9.99. The fourth-order valence-corrected chi connectivity index (χ4v) is 3.37. The number of aryl methyl sites for hydroxylation is 2. The van der Waals surface area contributed by atoms with Crippen molar-refractivity contribution in [2.24, 2.45) is 0 Å². The first-order valence-electron chi connectivity index (χ1n) is 8.79. The molecule has 0 unspecified atom stereocenters. The fraction of sp³-hybridized carbons (Fsp3) is 0.143. The number of hydrogen-bond donors (Lipinski definition) is 2. The Hall–Kier alpha value is -3.74. The van der Waals surface area contributed by atoms with E-state index < -0.39 is 5.97 Å². The number of carboxylic acids is 1. The molecule has 2 aromatic carbocycles. The smallest absolute Gasteiger partial charge is 0.336 e. The average Bonchev–Trinajstić information content (AvgIpc) is 3.03. The van der Waals surface area contributed by atoms with Crippen molar-refractivity contribution < 1.29 is 9.90 Å². The summed E-state index contributed by atoms with van der Waals surface area (Å²) in [5.41, 5.74) is 4.26. The summed E-state index contributed by atoms with van der Waals surface area (Å²) in [4.78, 5) is 28.2. The van der Waals surface area contributed by atoms with E-state index in [1.807, 2.05) is 48.7 Å². The Morgan fingerprint density at radius 1 is 1.11 bits per heavy atom. The molecule has 0 saturated carbocycles. The lowest BCUT2D eigenvalue weighted by Gasteiger charge is -2.09. The lowest BCUT2D eigenvalue weighted by molar-refractivity contribution is 0.0697. The van der Waals surface area contributed by atoms with Crippen LogP contribution in [0.15, 0.2) is 53.3 Å². The number of fused-ring (bicyclic) bond motifs is 1. The van der Waals surface area contributed by atoms with Crippen LogP contribution in [0, 0.1) is 13.8 Å². The standard InChI is InChI=1S/C21H18N4O3/c1-12-18-19(20(26)24-23-12)25(13(2)22-18)11-14-7-9-15(10-8-14)16-5-3-4-6-17(16)21(27)28/h3-10H,11H2,1-2H3,(H,24,26)(H,27,28). The number of carboxylic acid groups (broad SMARTS) is 1. The molecule has 7 heteroatoms. The van der Waals surface area contributed by atoms with Gasteiger partial charge in [0.25, 0.3) is 5.56 Å². The van der Waals surface area contributed by atoms with E-state index in [-0.39, 0.29) is 11.1 Å². The van der Waals surface area contributed by atoms with Crippen LogP contribution in [-0.4, -0.2) is 30.8 Å². The highest BCUT2D eigenvalue weighted by Crippen LogP contribution is 2.25. The predicted molar refractivity (Wildman–Crippen MR) is 106 cm³/mol. The summed E-state index contributed by atoms with van der Waals surface area (Å²) in [7, 11) is 0. The van der Waals surface area contributed by atoms with Gasteiger partial charge >= 0.3 is 5.97 Å². The van der Waals surface area contributed by atoms with Gasteiger partial charge in [0.1, 0.15) is 16.9 Å². The van der Waals surface area contributed by atoms with Crippen molar-refractivity contribution in [2.75, 3.05) is 0 Å². The monoisotopic (exact) mass is 374 g/mol. The first kappa shape index (κ1) is 17.7. The fourth-order valence-electron chi connectivity index (χ4n) is 3.37. The first-order valence-corrected chi connectivity index (χ1v) is 8.79. The molecular formula is C21H18N4O3. The third-order valence-corrected chi connectivity index (χ3v) is 4.80. The summed E-state index contributed by atoms with van der Waals surface area (Å²) in [6.07, 6.45) is 0. The molecule has 0 saturated heterocycles. The zero-order valence-corrected chi connectivity index (χ0v) is 15.4. The third kappa shape index (κ3) is 2.96. The second-order valence-electron chi connectivity index (χ2n) is 6.63. The van der Waals surface area contributed by atoms with E-state index in [1.165, 1.54) is 0 Å². The highest BCUT2D eigenvalue weighted by atomic mass is 16.4. The third-order valence-electron chi connectivity index (χ3n) is 4.80. The van der Waals surface area contributed by atoms with Gasteiger partial charge in [-0.15, -0.1) is 0 Å². The molecule has 0 bridgehead atoms. The highest BCUT2D eigenvalue weighted by molar-refractivity contribution is 5.96. The van der Waals surface area contributed by atoms with Gasteiger partial charge in [-0.3, -0.25) is 4.79 Å². The zero-order valence-electron chi connectivity index (χ0n) is 15.4. The normalized spacial score (nSPS) is 11.1. The molecule has 0 fully saturated rings. The minimum atomic E-state index is -0.955.